The Labute approximate surface area is 85.3 Å². The van der Waals surface area contributed by atoms with Gasteiger partial charge in [0.2, 0.25) is 0 Å². The Morgan fingerprint density at radius 3 is 2.67 bits per heavy atom. The van der Waals surface area contributed by atoms with E-state index in [2.05, 4.69) is 0 Å². The zero-order valence-corrected chi connectivity index (χ0v) is 7.78. The molecule has 0 spiro atoms. The molecule has 0 fully saturated rings. The van der Waals surface area contributed by atoms with Gasteiger partial charge in [0, 0.05) is 5.56 Å². The minimum Gasteiger partial charge on any atom is -0.467 e. The quantitative estimate of drug-likeness (QED) is 0.825. The van der Waals surface area contributed by atoms with E-state index in [-0.39, 0.29) is 5.56 Å². The molecule has 2 rings (SSSR count). The topological polar surface area (TPSA) is 39.2 Å². The van der Waals surface area contributed by atoms with Crippen LogP contribution in [0.3, 0.4) is 0 Å². The lowest BCUT2D eigenvalue weighted by atomic mass is 10.0. The molecule has 1 aromatic carbocycles. The summed E-state index contributed by atoms with van der Waals surface area (Å²) in [4.78, 5) is 0. The van der Waals surface area contributed by atoms with Gasteiger partial charge in [-0.2, -0.15) is 0 Å². The molecule has 0 aliphatic rings. The van der Waals surface area contributed by atoms with Crippen molar-refractivity contribution in [3.05, 3.63) is 59.6 Å². The van der Waals surface area contributed by atoms with E-state index in [9.17, 15) is 8.78 Å². The van der Waals surface area contributed by atoms with Gasteiger partial charge in [0.05, 0.1) is 12.3 Å². The number of halogens is 2. The van der Waals surface area contributed by atoms with E-state index in [1.807, 2.05) is 0 Å². The van der Waals surface area contributed by atoms with Crippen molar-refractivity contribution in [1.82, 2.24) is 0 Å². The molecule has 1 unspecified atom stereocenters. The van der Waals surface area contributed by atoms with E-state index < -0.39 is 17.7 Å². The minimum absolute atomic E-state index is 0.0879. The predicted molar refractivity (Wildman–Crippen MR) is 51.1 cm³/mol. The number of rotatable bonds is 2. The molecule has 0 radical (unpaired) electrons. The lowest BCUT2D eigenvalue weighted by Gasteiger charge is -2.10. The first-order valence-electron chi connectivity index (χ1n) is 4.42. The Hall–Kier alpha value is -1.68. The molecule has 0 saturated heterocycles. The number of hydrogen-bond acceptors (Lipinski definition) is 2. The molecule has 2 N–H and O–H groups in total. The van der Waals surface area contributed by atoms with Crippen LogP contribution in [0.15, 0.2) is 41.0 Å². The summed E-state index contributed by atoms with van der Waals surface area (Å²) >= 11 is 0. The van der Waals surface area contributed by atoms with Gasteiger partial charge >= 0.3 is 0 Å². The van der Waals surface area contributed by atoms with Gasteiger partial charge in [-0.3, -0.25) is 0 Å². The van der Waals surface area contributed by atoms with Crippen LogP contribution in [0.1, 0.15) is 17.4 Å². The van der Waals surface area contributed by atoms with Crippen LogP contribution < -0.4 is 5.73 Å². The van der Waals surface area contributed by atoms with E-state index in [4.69, 9.17) is 10.2 Å². The summed E-state index contributed by atoms with van der Waals surface area (Å²) in [6.07, 6.45) is 1.44. The summed E-state index contributed by atoms with van der Waals surface area (Å²) in [5.41, 5.74) is 5.82. The van der Waals surface area contributed by atoms with Crippen molar-refractivity contribution in [3.8, 4) is 0 Å². The molecule has 0 aliphatic heterocycles. The first-order valence-corrected chi connectivity index (χ1v) is 4.42. The third kappa shape index (κ3) is 1.89. The standard InChI is InChI=1S/C11H9F2NO/c12-7-3-4-9(13)8(6-7)11(14)10-2-1-5-15-10/h1-6,11H,14H2. The number of hydrogen-bond donors (Lipinski definition) is 1. The summed E-state index contributed by atoms with van der Waals surface area (Å²) in [5.74, 6) is -0.659. The maximum absolute atomic E-state index is 13.3. The normalized spacial score (nSPS) is 12.7. The summed E-state index contributed by atoms with van der Waals surface area (Å²) in [5, 5.41) is 0. The minimum atomic E-state index is -0.782. The van der Waals surface area contributed by atoms with E-state index in [0.717, 1.165) is 18.2 Å². The van der Waals surface area contributed by atoms with E-state index in [1.54, 1.807) is 12.1 Å². The third-order valence-electron chi connectivity index (χ3n) is 2.14. The van der Waals surface area contributed by atoms with Crippen molar-refractivity contribution in [3.63, 3.8) is 0 Å². The lowest BCUT2D eigenvalue weighted by Crippen LogP contribution is -2.13. The fraction of sp³-hybridized carbons (Fsp3) is 0.0909. The molecule has 78 valence electrons. The van der Waals surface area contributed by atoms with Gasteiger partial charge in [-0.05, 0) is 30.3 Å². The summed E-state index contributed by atoms with van der Waals surface area (Å²) < 4.78 is 31.3. The van der Waals surface area contributed by atoms with Gasteiger partial charge < -0.3 is 10.2 Å². The van der Waals surface area contributed by atoms with Crippen LogP contribution in [0.25, 0.3) is 0 Å². The van der Waals surface area contributed by atoms with Crippen LogP contribution in [0, 0.1) is 11.6 Å². The largest absolute Gasteiger partial charge is 0.467 e. The Bertz CT molecular complexity index is 454. The molecular weight excluding hydrogens is 200 g/mol. The molecule has 4 heteroatoms. The maximum atomic E-state index is 13.3. The maximum Gasteiger partial charge on any atom is 0.128 e. The molecule has 15 heavy (non-hydrogen) atoms. The zero-order valence-electron chi connectivity index (χ0n) is 7.78. The van der Waals surface area contributed by atoms with Crippen LogP contribution in [0.2, 0.25) is 0 Å². The van der Waals surface area contributed by atoms with Gasteiger partial charge in [0.25, 0.3) is 0 Å². The molecule has 1 atom stereocenters. The summed E-state index contributed by atoms with van der Waals surface area (Å²) in [6.45, 7) is 0. The van der Waals surface area contributed by atoms with Gasteiger partial charge in [-0.1, -0.05) is 0 Å². The fourth-order valence-corrected chi connectivity index (χ4v) is 1.37. The molecular formula is C11H9F2NO. The molecule has 1 aromatic heterocycles. The number of nitrogens with two attached hydrogens (primary N) is 1. The molecule has 0 bridgehead atoms. The second kappa shape index (κ2) is 3.82. The van der Waals surface area contributed by atoms with Crippen LogP contribution in [0.4, 0.5) is 8.78 Å². The third-order valence-corrected chi connectivity index (χ3v) is 2.14. The number of benzene rings is 1. The van der Waals surface area contributed by atoms with Crippen LogP contribution >= 0.6 is 0 Å². The molecule has 0 amide bonds. The van der Waals surface area contributed by atoms with Crippen molar-refractivity contribution in [1.29, 1.82) is 0 Å². The van der Waals surface area contributed by atoms with Crippen LogP contribution in [-0.2, 0) is 0 Å². The average molecular weight is 209 g/mol. The van der Waals surface area contributed by atoms with Crippen molar-refractivity contribution in [2.75, 3.05) is 0 Å². The Balaban J connectivity index is 2.41. The molecule has 2 aromatic rings. The van der Waals surface area contributed by atoms with E-state index >= 15 is 0 Å². The van der Waals surface area contributed by atoms with Gasteiger partial charge in [0.15, 0.2) is 0 Å². The smallest absolute Gasteiger partial charge is 0.128 e. The summed E-state index contributed by atoms with van der Waals surface area (Å²) in [7, 11) is 0. The average Bonchev–Trinajstić information content (AvgIpc) is 2.74. The highest BCUT2D eigenvalue weighted by molar-refractivity contribution is 5.27. The molecule has 0 saturated carbocycles. The zero-order chi connectivity index (χ0) is 10.8. The monoisotopic (exact) mass is 209 g/mol. The lowest BCUT2D eigenvalue weighted by molar-refractivity contribution is 0.478. The first kappa shape index (κ1) is 9.86. The summed E-state index contributed by atoms with van der Waals surface area (Å²) in [6, 6.07) is 5.65. The van der Waals surface area contributed by atoms with Gasteiger partial charge in [-0.15, -0.1) is 0 Å². The van der Waals surface area contributed by atoms with Crippen LogP contribution in [-0.4, -0.2) is 0 Å². The first-order chi connectivity index (χ1) is 7.18. The van der Waals surface area contributed by atoms with Crippen LogP contribution in [0.5, 0.6) is 0 Å². The van der Waals surface area contributed by atoms with Gasteiger partial charge in [0.1, 0.15) is 17.4 Å². The predicted octanol–water partition coefficient (Wildman–Crippen LogP) is 2.61. The molecule has 0 aliphatic carbocycles. The van der Waals surface area contributed by atoms with Crippen molar-refractivity contribution in [2.45, 2.75) is 6.04 Å². The van der Waals surface area contributed by atoms with Crippen molar-refractivity contribution in [2.24, 2.45) is 5.73 Å². The van der Waals surface area contributed by atoms with Crippen molar-refractivity contribution < 1.29 is 13.2 Å². The molecule has 1 heterocycles. The van der Waals surface area contributed by atoms with E-state index in [1.165, 1.54) is 6.26 Å². The number of furan rings is 1. The Morgan fingerprint density at radius 2 is 2.00 bits per heavy atom. The molecule has 2 nitrogen and oxygen atoms in total. The SMILES string of the molecule is NC(c1ccco1)c1cc(F)ccc1F. The highest BCUT2D eigenvalue weighted by Crippen LogP contribution is 2.23. The van der Waals surface area contributed by atoms with Crippen molar-refractivity contribution >= 4 is 0 Å². The fourth-order valence-electron chi connectivity index (χ4n) is 1.37. The second-order valence-corrected chi connectivity index (χ2v) is 3.16. The Morgan fingerprint density at radius 1 is 1.20 bits per heavy atom. The highest BCUT2D eigenvalue weighted by atomic mass is 19.1. The van der Waals surface area contributed by atoms with E-state index in [0.29, 0.717) is 5.76 Å². The van der Waals surface area contributed by atoms with Gasteiger partial charge in [-0.25, -0.2) is 8.78 Å². The Kier molecular flexibility index (Phi) is 2.51. The highest BCUT2D eigenvalue weighted by Gasteiger charge is 2.16. The second-order valence-electron chi connectivity index (χ2n) is 3.16.